The monoisotopic (exact) mass is 341 g/mol. The number of carbonyl (C=O) groups excluding carboxylic acids is 1. The van der Waals surface area contributed by atoms with Gasteiger partial charge in [0, 0.05) is 13.1 Å². The van der Waals surface area contributed by atoms with Crippen LogP contribution in [-0.4, -0.2) is 40.8 Å². The highest BCUT2D eigenvalue weighted by Gasteiger charge is 2.15. The largest absolute Gasteiger partial charge is 0.462 e. The molecule has 7 nitrogen and oxygen atoms in total. The van der Waals surface area contributed by atoms with Gasteiger partial charge in [0.1, 0.15) is 0 Å². The number of benzene rings is 1. The van der Waals surface area contributed by atoms with Crippen molar-refractivity contribution in [2.24, 2.45) is 0 Å². The zero-order valence-electron chi connectivity index (χ0n) is 14.4. The van der Waals surface area contributed by atoms with E-state index >= 15 is 0 Å². The van der Waals surface area contributed by atoms with Crippen LogP contribution >= 0.6 is 0 Å². The number of para-hydroxylation sites is 1. The lowest BCUT2D eigenvalue weighted by Crippen LogP contribution is -2.26. The molecule has 0 spiro atoms. The molecule has 7 heteroatoms. The Labute approximate surface area is 147 Å². The smallest absolute Gasteiger partial charge is 0.340 e. The number of hydrogen-bond acceptors (Lipinski definition) is 7. The third-order valence-electron chi connectivity index (χ3n) is 4.12. The normalized spacial score (nSPS) is 14.7. The van der Waals surface area contributed by atoms with Crippen LogP contribution in [0.25, 0.3) is 0 Å². The SMILES string of the molecule is CCOC(=O)c1ccccc1Nc1cnnc(N2CCCCCC2)n1. The number of rotatable bonds is 5. The summed E-state index contributed by atoms with van der Waals surface area (Å²) < 4.78 is 5.10. The fourth-order valence-electron chi connectivity index (χ4n) is 2.88. The average molecular weight is 341 g/mol. The summed E-state index contributed by atoms with van der Waals surface area (Å²) in [5, 5.41) is 11.4. The number of carbonyl (C=O) groups is 1. The van der Waals surface area contributed by atoms with Crippen LogP contribution in [0.4, 0.5) is 17.5 Å². The van der Waals surface area contributed by atoms with Crippen molar-refractivity contribution in [2.45, 2.75) is 32.6 Å². The first-order valence-electron chi connectivity index (χ1n) is 8.76. The molecule has 0 unspecified atom stereocenters. The second-order valence-corrected chi connectivity index (χ2v) is 5.93. The van der Waals surface area contributed by atoms with Gasteiger partial charge in [-0.2, -0.15) is 10.1 Å². The number of esters is 1. The number of ether oxygens (including phenoxy) is 1. The molecule has 2 aromatic rings. The van der Waals surface area contributed by atoms with Gasteiger partial charge in [-0.05, 0) is 31.9 Å². The van der Waals surface area contributed by atoms with Gasteiger partial charge in [-0.1, -0.05) is 25.0 Å². The van der Waals surface area contributed by atoms with Crippen molar-refractivity contribution in [1.29, 1.82) is 0 Å². The Kier molecular flexibility index (Phi) is 5.77. The van der Waals surface area contributed by atoms with E-state index in [-0.39, 0.29) is 5.97 Å². The summed E-state index contributed by atoms with van der Waals surface area (Å²) in [6.07, 6.45) is 6.34. The third kappa shape index (κ3) is 4.43. The van der Waals surface area contributed by atoms with Gasteiger partial charge in [-0.15, -0.1) is 5.10 Å². The molecular formula is C18H23N5O2. The minimum Gasteiger partial charge on any atom is -0.462 e. The van der Waals surface area contributed by atoms with Crippen LogP contribution in [0.5, 0.6) is 0 Å². The predicted molar refractivity (Wildman–Crippen MR) is 96.2 cm³/mol. The first-order valence-corrected chi connectivity index (χ1v) is 8.76. The first kappa shape index (κ1) is 17.1. The zero-order chi connectivity index (χ0) is 17.5. The molecule has 0 bridgehead atoms. The lowest BCUT2D eigenvalue weighted by Gasteiger charge is -2.20. The van der Waals surface area contributed by atoms with Crippen LogP contribution < -0.4 is 10.2 Å². The van der Waals surface area contributed by atoms with E-state index in [0.29, 0.717) is 29.6 Å². The molecule has 25 heavy (non-hydrogen) atoms. The minimum absolute atomic E-state index is 0.335. The van der Waals surface area contributed by atoms with Crippen molar-refractivity contribution in [3.8, 4) is 0 Å². The molecule has 132 valence electrons. The summed E-state index contributed by atoms with van der Waals surface area (Å²) in [5.74, 6) is 0.826. The molecular weight excluding hydrogens is 318 g/mol. The summed E-state index contributed by atoms with van der Waals surface area (Å²) in [4.78, 5) is 18.8. The molecule has 0 amide bonds. The van der Waals surface area contributed by atoms with Crippen LogP contribution in [0.15, 0.2) is 30.5 Å². The molecule has 1 aromatic heterocycles. The minimum atomic E-state index is -0.361. The summed E-state index contributed by atoms with van der Waals surface area (Å²) in [6, 6.07) is 7.21. The van der Waals surface area contributed by atoms with E-state index in [0.717, 1.165) is 25.9 Å². The maximum absolute atomic E-state index is 12.1. The lowest BCUT2D eigenvalue weighted by molar-refractivity contribution is 0.0527. The highest BCUT2D eigenvalue weighted by molar-refractivity contribution is 5.96. The zero-order valence-corrected chi connectivity index (χ0v) is 14.4. The maximum Gasteiger partial charge on any atom is 0.340 e. The Morgan fingerprint density at radius 1 is 1.20 bits per heavy atom. The molecule has 1 saturated heterocycles. The number of aromatic nitrogens is 3. The van der Waals surface area contributed by atoms with E-state index in [1.54, 1.807) is 25.3 Å². The van der Waals surface area contributed by atoms with E-state index in [2.05, 4.69) is 25.4 Å². The Bertz CT molecular complexity index is 714. The molecule has 1 N–H and O–H groups in total. The molecule has 1 aliphatic rings. The van der Waals surface area contributed by atoms with Gasteiger partial charge in [0.25, 0.3) is 0 Å². The Morgan fingerprint density at radius 3 is 2.72 bits per heavy atom. The standard InChI is InChI=1S/C18H23N5O2/c1-2-25-17(24)14-9-5-6-10-15(14)20-16-13-19-22-18(21-16)23-11-7-3-4-8-12-23/h5-6,9-10,13H,2-4,7-8,11-12H2,1H3,(H,20,21,22). The third-order valence-corrected chi connectivity index (χ3v) is 4.12. The maximum atomic E-state index is 12.1. The van der Waals surface area contributed by atoms with Crippen LogP contribution in [0.1, 0.15) is 43.0 Å². The number of hydrogen-bond donors (Lipinski definition) is 1. The molecule has 0 saturated carbocycles. The van der Waals surface area contributed by atoms with Crippen LogP contribution in [0.3, 0.4) is 0 Å². The Morgan fingerprint density at radius 2 is 1.96 bits per heavy atom. The van der Waals surface area contributed by atoms with Crippen molar-refractivity contribution in [1.82, 2.24) is 15.2 Å². The van der Waals surface area contributed by atoms with E-state index in [4.69, 9.17) is 4.74 Å². The van der Waals surface area contributed by atoms with E-state index in [1.165, 1.54) is 12.8 Å². The van der Waals surface area contributed by atoms with Crippen molar-refractivity contribution in [3.05, 3.63) is 36.0 Å². The van der Waals surface area contributed by atoms with Gasteiger partial charge in [0.2, 0.25) is 5.95 Å². The summed E-state index contributed by atoms with van der Waals surface area (Å²) >= 11 is 0. The lowest BCUT2D eigenvalue weighted by atomic mass is 10.2. The van der Waals surface area contributed by atoms with Crippen molar-refractivity contribution >= 4 is 23.4 Å². The van der Waals surface area contributed by atoms with Gasteiger partial charge in [-0.3, -0.25) is 0 Å². The molecule has 1 aliphatic heterocycles. The van der Waals surface area contributed by atoms with Crippen molar-refractivity contribution in [2.75, 3.05) is 29.9 Å². The highest BCUT2D eigenvalue weighted by atomic mass is 16.5. The summed E-state index contributed by atoms with van der Waals surface area (Å²) in [6.45, 7) is 4.02. The number of nitrogens with one attached hydrogen (secondary N) is 1. The van der Waals surface area contributed by atoms with Gasteiger partial charge in [-0.25, -0.2) is 4.79 Å². The Balaban J connectivity index is 1.79. The molecule has 0 aliphatic carbocycles. The molecule has 3 rings (SSSR count). The quantitative estimate of drug-likeness (QED) is 0.837. The second kappa shape index (κ2) is 8.41. The molecule has 2 heterocycles. The molecule has 0 radical (unpaired) electrons. The van der Waals surface area contributed by atoms with Crippen molar-refractivity contribution < 1.29 is 9.53 Å². The van der Waals surface area contributed by atoms with Crippen LogP contribution in [0.2, 0.25) is 0 Å². The predicted octanol–water partition coefficient (Wildman–Crippen LogP) is 3.17. The molecule has 0 atom stereocenters. The van der Waals surface area contributed by atoms with Gasteiger partial charge < -0.3 is 15.0 Å². The van der Waals surface area contributed by atoms with Gasteiger partial charge in [0.15, 0.2) is 5.82 Å². The van der Waals surface area contributed by atoms with E-state index < -0.39 is 0 Å². The fourth-order valence-corrected chi connectivity index (χ4v) is 2.88. The Hall–Kier alpha value is -2.70. The van der Waals surface area contributed by atoms with Crippen LogP contribution in [0, 0.1) is 0 Å². The first-order chi connectivity index (χ1) is 12.3. The van der Waals surface area contributed by atoms with Crippen molar-refractivity contribution in [3.63, 3.8) is 0 Å². The van der Waals surface area contributed by atoms with E-state index in [1.807, 2.05) is 12.1 Å². The van der Waals surface area contributed by atoms with Gasteiger partial charge >= 0.3 is 5.97 Å². The van der Waals surface area contributed by atoms with Crippen LogP contribution in [-0.2, 0) is 4.74 Å². The molecule has 1 aromatic carbocycles. The fraction of sp³-hybridized carbons (Fsp3) is 0.444. The highest BCUT2D eigenvalue weighted by Crippen LogP contribution is 2.22. The number of anilines is 3. The van der Waals surface area contributed by atoms with Gasteiger partial charge in [0.05, 0.1) is 24.1 Å². The molecule has 1 fully saturated rings. The number of nitrogens with zero attached hydrogens (tertiary/aromatic N) is 4. The summed E-state index contributed by atoms with van der Waals surface area (Å²) in [7, 11) is 0. The summed E-state index contributed by atoms with van der Waals surface area (Å²) in [5.41, 5.74) is 1.11. The van der Waals surface area contributed by atoms with E-state index in [9.17, 15) is 4.79 Å². The topological polar surface area (TPSA) is 80.2 Å². The second-order valence-electron chi connectivity index (χ2n) is 5.93. The average Bonchev–Trinajstić information content (AvgIpc) is 2.92.